The van der Waals surface area contributed by atoms with Crippen molar-refractivity contribution in [1.82, 2.24) is 0 Å². The summed E-state index contributed by atoms with van der Waals surface area (Å²) >= 11 is 12.0. The van der Waals surface area contributed by atoms with E-state index in [2.05, 4.69) is 6.07 Å². The summed E-state index contributed by atoms with van der Waals surface area (Å²) in [7, 11) is 0. The van der Waals surface area contributed by atoms with Gasteiger partial charge in [0, 0.05) is 6.42 Å². The molecular weight excluding hydrogens is 295 g/mol. The highest BCUT2D eigenvalue weighted by atomic mass is 35.5. The Balaban J connectivity index is 1.87. The first-order valence-corrected chi connectivity index (χ1v) is 7.96. The fourth-order valence-electron chi connectivity index (χ4n) is 2.92. The molecule has 0 heterocycles. The van der Waals surface area contributed by atoms with Crippen molar-refractivity contribution < 1.29 is 9.53 Å². The van der Waals surface area contributed by atoms with Crippen molar-refractivity contribution in [3.63, 3.8) is 0 Å². The van der Waals surface area contributed by atoms with E-state index in [-0.39, 0.29) is 5.97 Å². The van der Waals surface area contributed by atoms with Gasteiger partial charge in [-0.3, -0.25) is 4.79 Å². The van der Waals surface area contributed by atoms with Gasteiger partial charge in [-0.1, -0.05) is 29.3 Å². The van der Waals surface area contributed by atoms with Crippen LogP contribution >= 0.6 is 23.2 Å². The minimum absolute atomic E-state index is 0.0644. The lowest BCUT2D eigenvalue weighted by Crippen LogP contribution is -2.17. The zero-order valence-electron chi connectivity index (χ0n) is 11.7. The first-order valence-electron chi connectivity index (χ1n) is 7.20. The molecule has 1 fully saturated rings. The Morgan fingerprint density at radius 2 is 1.90 bits per heavy atom. The van der Waals surface area contributed by atoms with Crippen LogP contribution in [0.1, 0.15) is 50.5 Å². The molecule has 0 bridgehead atoms. The summed E-state index contributed by atoms with van der Waals surface area (Å²) in [5.41, 5.74) is 1.26. The normalized spacial score (nSPS) is 22.6. The first kappa shape index (κ1) is 15.7. The minimum Gasteiger partial charge on any atom is -0.466 e. The predicted octanol–water partition coefficient (Wildman–Crippen LogP) is 5.22. The third-order valence-corrected chi connectivity index (χ3v) is 4.76. The molecule has 20 heavy (non-hydrogen) atoms. The lowest BCUT2D eigenvalue weighted by atomic mass is 9.77. The molecule has 1 aliphatic carbocycles. The summed E-state index contributed by atoms with van der Waals surface area (Å²) in [5, 5.41) is 1.23. The fourth-order valence-corrected chi connectivity index (χ4v) is 3.23. The van der Waals surface area contributed by atoms with Gasteiger partial charge in [-0.15, -0.1) is 0 Å². The molecule has 0 aliphatic heterocycles. The maximum atomic E-state index is 11.5. The molecule has 0 spiro atoms. The van der Waals surface area contributed by atoms with E-state index >= 15 is 0 Å². The van der Waals surface area contributed by atoms with Gasteiger partial charge in [-0.2, -0.15) is 0 Å². The third kappa shape index (κ3) is 4.13. The Hall–Kier alpha value is -0.730. The van der Waals surface area contributed by atoms with Crippen molar-refractivity contribution in [3.05, 3.63) is 33.8 Å². The van der Waals surface area contributed by atoms with Gasteiger partial charge in [0.1, 0.15) is 0 Å². The highest BCUT2D eigenvalue weighted by Crippen LogP contribution is 2.38. The molecule has 4 heteroatoms. The number of benzene rings is 1. The molecule has 110 valence electrons. The second-order valence-corrected chi connectivity index (χ2v) is 6.21. The van der Waals surface area contributed by atoms with Crippen molar-refractivity contribution in [2.75, 3.05) is 6.61 Å². The van der Waals surface area contributed by atoms with E-state index in [0.717, 1.165) is 25.7 Å². The number of hydrogen-bond acceptors (Lipinski definition) is 2. The summed E-state index contributed by atoms with van der Waals surface area (Å²) in [5.74, 6) is 0.932. The fraction of sp³-hybridized carbons (Fsp3) is 0.562. The number of carbonyl (C=O) groups excluding carboxylic acids is 1. The minimum atomic E-state index is -0.0644. The van der Waals surface area contributed by atoms with Gasteiger partial charge in [-0.25, -0.2) is 0 Å². The largest absolute Gasteiger partial charge is 0.466 e. The summed E-state index contributed by atoms with van der Waals surface area (Å²) in [6, 6.07) is 5.90. The number of rotatable bonds is 4. The second kappa shape index (κ2) is 7.33. The van der Waals surface area contributed by atoms with Gasteiger partial charge in [0.2, 0.25) is 0 Å². The molecule has 0 unspecified atom stereocenters. The van der Waals surface area contributed by atoms with Crippen LogP contribution in [0.15, 0.2) is 18.2 Å². The smallest absolute Gasteiger partial charge is 0.306 e. The molecule has 1 saturated carbocycles. The van der Waals surface area contributed by atoms with E-state index in [1.54, 1.807) is 0 Å². The Bertz CT molecular complexity index is 466. The van der Waals surface area contributed by atoms with Crippen LogP contribution in [0.25, 0.3) is 0 Å². The van der Waals surface area contributed by atoms with Crippen molar-refractivity contribution in [1.29, 1.82) is 0 Å². The third-order valence-electron chi connectivity index (χ3n) is 4.02. The van der Waals surface area contributed by atoms with Crippen molar-refractivity contribution in [2.24, 2.45) is 5.92 Å². The van der Waals surface area contributed by atoms with Crippen molar-refractivity contribution in [2.45, 2.75) is 44.9 Å². The van der Waals surface area contributed by atoms with Crippen LogP contribution in [-0.4, -0.2) is 12.6 Å². The van der Waals surface area contributed by atoms with Crippen LogP contribution in [0.2, 0.25) is 10.0 Å². The first-order chi connectivity index (χ1) is 9.60. The van der Waals surface area contributed by atoms with Crippen LogP contribution in [0, 0.1) is 5.92 Å². The van der Waals surface area contributed by atoms with Crippen molar-refractivity contribution in [3.8, 4) is 0 Å². The lowest BCUT2D eigenvalue weighted by Gasteiger charge is -2.28. The highest BCUT2D eigenvalue weighted by Gasteiger charge is 2.24. The molecule has 0 atom stereocenters. The zero-order chi connectivity index (χ0) is 14.5. The molecule has 0 amide bonds. The van der Waals surface area contributed by atoms with Gasteiger partial charge in [0.25, 0.3) is 0 Å². The quantitative estimate of drug-likeness (QED) is 0.712. The monoisotopic (exact) mass is 314 g/mol. The van der Waals surface area contributed by atoms with Crippen LogP contribution < -0.4 is 0 Å². The summed E-state index contributed by atoms with van der Waals surface area (Å²) in [6.45, 7) is 2.32. The SMILES string of the molecule is CCOC(=O)CC1CCC(c2ccc(Cl)c(Cl)c2)CC1. The number of ether oxygens (including phenoxy) is 1. The van der Waals surface area contributed by atoms with Crippen molar-refractivity contribution >= 4 is 29.2 Å². The summed E-state index contributed by atoms with van der Waals surface area (Å²) in [4.78, 5) is 11.5. The van der Waals surface area contributed by atoms with Crippen LogP contribution in [0.3, 0.4) is 0 Å². The predicted molar refractivity (Wildman–Crippen MR) is 82.4 cm³/mol. The van der Waals surface area contributed by atoms with Crippen LogP contribution in [-0.2, 0) is 9.53 Å². The maximum absolute atomic E-state index is 11.5. The van der Waals surface area contributed by atoms with Crippen LogP contribution in [0.5, 0.6) is 0 Å². The number of halogens is 2. The van der Waals surface area contributed by atoms with E-state index < -0.39 is 0 Å². The topological polar surface area (TPSA) is 26.3 Å². The molecule has 0 N–H and O–H groups in total. The molecule has 0 aromatic heterocycles. The van der Waals surface area contributed by atoms with E-state index in [1.807, 2.05) is 19.1 Å². The maximum Gasteiger partial charge on any atom is 0.306 e. The number of esters is 1. The molecule has 1 aromatic carbocycles. The van der Waals surface area contributed by atoms with E-state index in [0.29, 0.717) is 34.9 Å². The number of carbonyl (C=O) groups is 1. The molecule has 2 rings (SSSR count). The Kier molecular flexibility index (Phi) is 5.74. The molecule has 0 saturated heterocycles. The van der Waals surface area contributed by atoms with Gasteiger partial charge in [-0.05, 0) is 62.1 Å². The number of hydrogen-bond donors (Lipinski definition) is 0. The zero-order valence-corrected chi connectivity index (χ0v) is 13.2. The Labute approximate surface area is 130 Å². The van der Waals surface area contributed by atoms with Gasteiger partial charge in [0.05, 0.1) is 16.7 Å². The molecule has 2 nitrogen and oxygen atoms in total. The Morgan fingerprint density at radius 1 is 1.20 bits per heavy atom. The average molecular weight is 315 g/mol. The van der Waals surface area contributed by atoms with E-state index in [4.69, 9.17) is 27.9 Å². The molecule has 1 aliphatic rings. The van der Waals surface area contributed by atoms with Crippen LogP contribution in [0.4, 0.5) is 0 Å². The average Bonchev–Trinajstić information content (AvgIpc) is 2.43. The Morgan fingerprint density at radius 3 is 2.50 bits per heavy atom. The van der Waals surface area contributed by atoms with E-state index in [1.165, 1.54) is 5.56 Å². The standard InChI is InChI=1S/C16H20Cl2O2/c1-2-20-16(19)9-11-3-5-12(6-4-11)13-7-8-14(17)15(18)10-13/h7-8,10-12H,2-6,9H2,1H3. The lowest BCUT2D eigenvalue weighted by molar-refractivity contribution is -0.144. The molecule has 0 radical (unpaired) electrons. The second-order valence-electron chi connectivity index (χ2n) is 5.40. The molecular formula is C16H20Cl2O2. The highest BCUT2D eigenvalue weighted by molar-refractivity contribution is 6.42. The molecule has 1 aromatic rings. The summed E-state index contributed by atoms with van der Waals surface area (Å²) in [6.07, 6.45) is 4.90. The van der Waals surface area contributed by atoms with Gasteiger partial charge < -0.3 is 4.74 Å². The summed E-state index contributed by atoms with van der Waals surface area (Å²) < 4.78 is 5.01. The van der Waals surface area contributed by atoms with Gasteiger partial charge in [0.15, 0.2) is 0 Å². The van der Waals surface area contributed by atoms with Gasteiger partial charge >= 0.3 is 5.97 Å². The van der Waals surface area contributed by atoms with E-state index in [9.17, 15) is 4.79 Å².